The van der Waals surface area contributed by atoms with Gasteiger partial charge in [0.1, 0.15) is 5.69 Å². The molecule has 1 heterocycles. The number of aromatic nitrogens is 1. The SMILES string of the molecule is Cc1cccc(N(Cc2ccccc2)C(=O)COC(=O)c2ccccn2)c1. The van der Waals surface area contributed by atoms with Crippen LogP contribution in [0.1, 0.15) is 21.6 Å². The Balaban J connectivity index is 1.75. The molecular formula is C22H20N2O3. The van der Waals surface area contributed by atoms with Gasteiger partial charge in [0.2, 0.25) is 0 Å². The van der Waals surface area contributed by atoms with Crippen molar-refractivity contribution >= 4 is 17.6 Å². The van der Waals surface area contributed by atoms with Gasteiger partial charge in [0.05, 0.1) is 6.54 Å². The summed E-state index contributed by atoms with van der Waals surface area (Å²) in [6.07, 6.45) is 1.51. The Kier molecular flexibility index (Phi) is 5.94. The molecular weight excluding hydrogens is 340 g/mol. The second kappa shape index (κ2) is 8.76. The molecule has 27 heavy (non-hydrogen) atoms. The summed E-state index contributed by atoms with van der Waals surface area (Å²) in [5, 5.41) is 0. The van der Waals surface area contributed by atoms with Gasteiger partial charge in [0, 0.05) is 11.9 Å². The van der Waals surface area contributed by atoms with Crippen LogP contribution in [-0.2, 0) is 16.1 Å². The Hall–Kier alpha value is -3.47. The number of carbonyl (C=O) groups excluding carboxylic acids is 2. The van der Waals surface area contributed by atoms with Gasteiger partial charge in [-0.1, -0.05) is 48.5 Å². The monoisotopic (exact) mass is 360 g/mol. The number of carbonyl (C=O) groups is 2. The minimum atomic E-state index is -0.618. The van der Waals surface area contributed by atoms with Gasteiger partial charge in [0.25, 0.3) is 5.91 Å². The first-order valence-corrected chi connectivity index (χ1v) is 8.62. The molecule has 0 saturated carbocycles. The quantitative estimate of drug-likeness (QED) is 0.628. The van der Waals surface area contributed by atoms with E-state index >= 15 is 0 Å². The number of ether oxygens (including phenoxy) is 1. The summed E-state index contributed by atoms with van der Waals surface area (Å²) in [5.41, 5.74) is 2.97. The van der Waals surface area contributed by atoms with E-state index in [1.54, 1.807) is 23.1 Å². The highest BCUT2D eigenvalue weighted by Crippen LogP contribution is 2.19. The number of benzene rings is 2. The third kappa shape index (κ3) is 5.01. The lowest BCUT2D eigenvalue weighted by molar-refractivity contribution is -0.121. The number of aryl methyl sites for hydroxylation is 1. The minimum absolute atomic E-state index is 0.176. The van der Waals surface area contributed by atoms with Crippen LogP contribution < -0.4 is 4.90 Å². The van der Waals surface area contributed by atoms with E-state index in [1.807, 2.05) is 61.5 Å². The van der Waals surface area contributed by atoms with Gasteiger partial charge in [-0.2, -0.15) is 0 Å². The Morgan fingerprint density at radius 3 is 2.44 bits per heavy atom. The van der Waals surface area contributed by atoms with Crippen molar-refractivity contribution in [3.63, 3.8) is 0 Å². The summed E-state index contributed by atoms with van der Waals surface area (Å²) >= 11 is 0. The molecule has 1 aromatic heterocycles. The van der Waals surface area contributed by atoms with Crippen LogP contribution in [-0.4, -0.2) is 23.5 Å². The van der Waals surface area contributed by atoms with Crippen LogP contribution in [0.2, 0.25) is 0 Å². The number of esters is 1. The molecule has 0 saturated heterocycles. The molecule has 2 aromatic carbocycles. The topological polar surface area (TPSA) is 59.5 Å². The number of nitrogens with zero attached hydrogens (tertiary/aromatic N) is 2. The number of hydrogen-bond donors (Lipinski definition) is 0. The van der Waals surface area contributed by atoms with E-state index in [9.17, 15) is 9.59 Å². The smallest absolute Gasteiger partial charge is 0.357 e. The minimum Gasteiger partial charge on any atom is -0.451 e. The van der Waals surface area contributed by atoms with Crippen molar-refractivity contribution in [3.8, 4) is 0 Å². The van der Waals surface area contributed by atoms with E-state index in [0.29, 0.717) is 6.54 Å². The zero-order valence-electron chi connectivity index (χ0n) is 15.0. The molecule has 0 fully saturated rings. The van der Waals surface area contributed by atoms with E-state index in [1.165, 1.54) is 6.20 Å². The largest absolute Gasteiger partial charge is 0.451 e. The van der Waals surface area contributed by atoms with Crippen LogP contribution in [0.5, 0.6) is 0 Å². The second-order valence-corrected chi connectivity index (χ2v) is 6.10. The fourth-order valence-corrected chi connectivity index (χ4v) is 2.65. The summed E-state index contributed by atoms with van der Waals surface area (Å²) in [7, 11) is 0. The lowest BCUT2D eigenvalue weighted by Gasteiger charge is -2.23. The average molecular weight is 360 g/mol. The Bertz CT molecular complexity index is 911. The molecule has 0 aliphatic heterocycles. The van der Waals surface area contributed by atoms with E-state index < -0.39 is 5.97 Å². The standard InChI is InChI=1S/C22H20N2O3/c1-17-8-7-11-19(14-17)24(15-18-9-3-2-4-10-18)21(25)16-27-22(26)20-12-5-6-13-23-20/h2-14H,15-16H2,1H3. The van der Waals surface area contributed by atoms with Gasteiger partial charge in [-0.05, 0) is 42.3 Å². The van der Waals surface area contributed by atoms with Crippen molar-refractivity contribution in [1.29, 1.82) is 0 Å². The number of pyridine rings is 1. The molecule has 0 bridgehead atoms. The summed E-state index contributed by atoms with van der Waals surface area (Å²) in [6, 6.07) is 22.3. The van der Waals surface area contributed by atoms with E-state index in [4.69, 9.17) is 4.74 Å². The van der Waals surface area contributed by atoms with E-state index in [2.05, 4.69) is 4.98 Å². The first kappa shape index (κ1) is 18.3. The number of amides is 1. The maximum absolute atomic E-state index is 12.8. The lowest BCUT2D eigenvalue weighted by Crippen LogP contribution is -2.34. The second-order valence-electron chi connectivity index (χ2n) is 6.10. The molecule has 5 nitrogen and oxygen atoms in total. The molecule has 0 spiro atoms. The van der Waals surface area contributed by atoms with Gasteiger partial charge < -0.3 is 9.64 Å². The number of hydrogen-bond acceptors (Lipinski definition) is 4. The molecule has 5 heteroatoms. The van der Waals surface area contributed by atoms with Crippen LogP contribution in [0, 0.1) is 6.92 Å². The normalized spacial score (nSPS) is 10.3. The molecule has 0 N–H and O–H groups in total. The third-order valence-corrected chi connectivity index (χ3v) is 4.00. The van der Waals surface area contributed by atoms with Gasteiger partial charge in [0.15, 0.2) is 6.61 Å². The summed E-state index contributed by atoms with van der Waals surface area (Å²) < 4.78 is 5.17. The fraction of sp³-hybridized carbons (Fsp3) is 0.136. The molecule has 136 valence electrons. The highest BCUT2D eigenvalue weighted by atomic mass is 16.5. The lowest BCUT2D eigenvalue weighted by atomic mass is 10.1. The highest BCUT2D eigenvalue weighted by molar-refractivity contribution is 5.96. The van der Waals surface area contributed by atoms with E-state index in [0.717, 1.165) is 16.8 Å². The van der Waals surface area contributed by atoms with Crippen molar-refractivity contribution < 1.29 is 14.3 Å². The fourth-order valence-electron chi connectivity index (χ4n) is 2.65. The summed E-state index contributed by atoms with van der Waals surface area (Å²) in [4.78, 5) is 30.4. The molecule has 0 radical (unpaired) electrons. The molecule has 0 unspecified atom stereocenters. The zero-order valence-corrected chi connectivity index (χ0v) is 15.0. The van der Waals surface area contributed by atoms with Crippen molar-refractivity contribution in [2.75, 3.05) is 11.5 Å². The van der Waals surface area contributed by atoms with Crippen molar-refractivity contribution in [1.82, 2.24) is 4.98 Å². The Labute approximate surface area is 158 Å². The summed E-state index contributed by atoms with van der Waals surface area (Å²) in [6.45, 7) is 2.01. The number of anilines is 1. The van der Waals surface area contributed by atoms with Crippen LogP contribution in [0.25, 0.3) is 0 Å². The predicted molar refractivity (Wildman–Crippen MR) is 103 cm³/mol. The molecule has 1 amide bonds. The van der Waals surface area contributed by atoms with Crippen LogP contribution in [0.3, 0.4) is 0 Å². The van der Waals surface area contributed by atoms with Crippen molar-refractivity contribution in [2.24, 2.45) is 0 Å². The van der Waals surface area contributed by atoms with Gasteiger partial charge in [-0.3, -0.25) is 4.79 Å². The third-order valence-electron chi connectivity index (χ3n) is 4.00. The highest BCUT2D eigenvalue weighted by Gasteiger charge is 2.19. The first-order chi connectivity index (χ1) is 13.1. The van der Waals surface area contributed by atoms with Gasteiger partial charge in [-0.15, -0.1) is 0 Å². The molecule has 3 aromatic rings. The van der Waals surface area contributed by atoms with Gasteiger partial charge in [-0.25, -0.2) is 9.78 Å². The van der Waals surface area contributed by atoms with Crippen molar-refractivity contribution in [3.05, 3.63) is 95.8 Å². The average Bonchev–Trinajstić information content (AvgIpc) is 2.71. The molecule has 0 aliphatic rings. The molecule has 0 aliphatic carbocycles. The van der Waals surface area contributed by atoms with Crippen LogP contribution in [0.15, 0.2) is 79.0 Å². The molecule has 3 rings (SSSR count). The maximum Gasteiger partial charge on any atom is 0.357 e. The zero-order chi connectivity index (χ0) is 19.1. The van der Waals surface area contributed by atoms with E-state index in [-0.39, 0.29) is 18.2 Å². The first-order valence-electron chi connectivity index (χ1n) is 8.62. The predicted octanol–water partition coefficient (Wildman–Crippen LogP) is 3.78. The number of rotatable bonds is 6. The summed E-state index contributed by atoms with van der Waals surface area (Å²) in [5.74, 6) is -0.915. The van der Waals surface area contributed by atoms with Gasteiger partial charge >= 0.3 is 5.97 Å². The Morgan fingerprint density at radius 2 is 1.74 bits per heavy atom. The molecule has 0 atom stereocenters. The van der Waals surface area contributed by atoms with Crippen molar-refractivity contribution in [2.45, 2.75) is 13.5 Å². The maximum atomic E-state index is 12.8. The Morgan fingerprint density at radius 1 is 0.963 bits per heavy atom. The van der Waals surface area contributed by atoms with Crippen LogP contribution >= 0.6 is 0 Å². The van der Waals surface area contributed by atoms with Crippen LogP contribution in [0.4, 0.5) is 5.69 Å².